The highest BCUT2D eigenvalue weighted by molar-refractivity contribution is 7.90. The number of rotatable bonds is 4. The lowest BCUT2D eigenvalue weighted by atomic mass is 9.87. The molecular weight excluding hydrogens is 552 g/mol. The summed E-state index contributed by atoms with van der Waals surface area (Å²) in [5.41, 5.74) is 0.0776. The topological polar surface area (TPSA) is 125 Å². The molecule has 2 fully saturated rings. The van der Waals surface area contributed by atoms with Gasteiger partial charge in [0.1, 0.15) is 17.5 Å². The van der Waals surface area contributed by atoms with Crippen molar-refractivity contribution in [3.05, 3.63) is 35.9 Å². The minimum absolute atomic E-state index is 0.0373. The molecule has 0 saturated carbocycles. The summed E-state index contributed by atoms with van der Waals surface area (Å²) in [5, 5.41) is 2.98. The molecule has 10 nitrogen and oxygen atoms in total. The standard InChI is InChI=1S/C31H44N6O4S/c1-30(2,3)16-7-10-22-15-18-36(29(22)39)25-14-13-23-27(34-25)37-20-21(19-31(37,4)5)9-8-17-32-24-11-6-12-26(33-24)42(40,41)35-28(23)38/h6,11-14,21-22H,7-10,15-20H2,1-5H3,(H,32,33)(H,35,38)/t21-,22?/m0/s1. The zero-order valence-electron chi connectivity index (χ0n) is 25.4. The molecule has 2 N–H and O–H groups in total. The van der Waals surface area contributed by atoms with Gasteiger partial charge in [-0.3, -0.25) is 14.5 Å². The summed E-state index contributed by atoms with van der Waals surface area (Å²) in [7, 11) is -4.24. The van der Waals surface area contributed by atoms with Gasteiger partial charge in [0.15, 0.2) is 5.03 Å². The van der Waals surface area contributed by atoms with Crippen molar-refractivity contribution in [3.8, 4) is 0 Å². The molecular formula is C31H44N6O4S. The van der Waals surface area contributed by atoms with Crippen molar-refractivity contribution in [1.82, 2.24) is 14.7 Å². The Labute approximate surface area is 249 Å². The minimum atomic E-state index is -4.24. The van der Waals surface area contributed by atoms with Gasteiger partial charge in [0, 0.05) is 31.1 Å². The van der Waals surface area contributed by atoms with Crippen LogP contribution in [0.4, 0.5) is 17.5 Å². The van der Waals surface area contributed by atoms with Crippen molar-refractivity contribution in [1.29, 1.82) is 0 Å². The summed E-state index contributed by atoms with van der Waals surface area (Å²) < 4.78 is 28.6. The van der Waals surface area contributed by atoms with Crippen LogP contribution in [0.15, 0.2) is 35.4 Å². The number of sulfonamides is 1. The third-order valence-electron chi connectivity index (χ3n) is 8.71. The Kier molecular flexibility index (Phi) is 8.26. The van der Waals surface area contributed by atoms with Crippen LogP contribution in [0, 0.1) is 17.3 Å². The van der Waals surface area contributed by atoms with Crippen LogP contribution in [0.3, 0.4) is 0 Å². The number of carbonyl (C=O) groups excluding carboxylic acids is 2. The van der Waals surface area contributed by atoms with E-state index in [1.165, 1.54) is 6.07 Å². The summed E-state index contributed by atoms with van der Waals surface area (Å²) >= 11 is 0. The summed E-state index contributed by atoms with van der Waals surface area (Å²) in [4.78, 5) is 40.1. The largest absolute Gasteiger partial charge is 0.370 e. The van der Waals surface area contributed by atoms with Gasteiger partial charge in [0.05, 0.1) is 5.56 Å². The molecule has 0 aromatic carbocycles. The van der Waals surface area contributed by atoms with Gasteiger partial charge in [-0.25, -0.2) is 14.7 Å². The average Bonchev–Trinajstić information content (AvgIpc) is 3.42. The van der Waals surface area contributed by atoms with Gasteiger partial charge in [-0.05, 0) is 88.0 Å². The van der Waals surface area contributed by atoms with Crippen LogP contribution in [0.5, 0.6) is 0 Å². The second kappa shape index (κ2) is 11.5. The zero-order chi connectivity index (χ0) is 30.3. The summed E-state index contributed by atoms with van der Waals surface area (Å²) in [5.74, 6) is 0.993. The summed E-state index contributed by atoms with van der Waals surface area (Å²) in [6.45, 7) is 12.8. The van der Waals surface area contributed by atoms with Gasteiger partial charge in [0.25, 0.3) is 15.9 Å². The number of aromatic nitrogens is 2. The zero-order valence-corrected chi connectivity index (χ0v) is 26.3. The smallest absolute Gasteiger partial charge is 0.281 e. The molecule has 42 heavy (non-hydrogen) atoms. The Morgan fingerprint density at radius 3 is 2.62 bits per heavy atom. The third kappa shape index (κ3) is 6.55. The molecule has 5 rings (SSSR count). The van der Waals surface area contributed by atoms with Crippen molar-refractivity contribution >= 4 is 39.3 Å². The Bertz CT molecular complexity index is 1450. The second-order valence-electron chi connectivity index (χ2n) is 13.8. The van der Waals surface area contributed by atoms with E-state index in [1.807, 2.05) is 0 Å². The fourth-order valence-electron chi connectivity index (χ4n) is 6.54. The predicted molar refractivity (Wildman–Crippen MR) is 164 cm³/mol. The number of hydrogen-bond acceptors (Lipinski definition) is 8. The van der Waals surface area contributed by atoms with E-state index in [2.05, 4.69) is 54.5 Å². The number of anilines is 3. The van der Waals surface area contributed by atoms with E-state index in [4.69, 9.17) is 4.98 Å². The maximum Gasteiger partial charge on any atom is 0.281 e. The highest BCUT2D eigenvalue weighted by Gasteiger charge is 2.41. The van der Waals surface area contributed by atoms with E-state index in [0.717, 1.165) is 44.9 Å². The molecule has 0 spiro atoms. The monoisotopic (exact) mass is 596 g/mol. The summed E-state index contributed by atoms with van der Waals surface area (Å²) in [6.07, 6.45) is 6.45. The van der Waals surface area contributed by atoms with Crippen molar-refractivity contribution < 1.29 is 18.0 Å². The number of carbonyl (C=O) groups is 2. The molecule has 228 valence electrons. The maximum absolute atomic E-state index is 13.6. The fourth-order valence-corrected chi connectivity index (χ4v) is 7.47. The van der Waals surface area contributed by atoms with Gasteiger partial charge in [-0.15, -0.1) is 0 Å². The molecule has 2 saturated heterocycles. The van der Waals surface area contributed by atoms with Crippen molar-refractivity contribution in [2.45, 2.75) is 90.1 Å². The first-order chi connectivity index (χ1) is 19.7. The van der Waals surface area contributed by atoms with Crippen LogP contribution in [-0.2, 0) is 14.8 Å². The Balaban J connectivity index is 1.48. The van der Waals surface area contributed by atoms with Crippen LogP contribution in [0.1, 0.15) is 89.9 Å². The number of nitrogens with zero attached hydrogens (tertiary/aromatic N) is 4. The number of pyridine rings is 2. The lowest BCUT2D eigenvalue weighted by molar-refractivity contribution is -0.120. The second-order valence-corrected chi connectivity index (χ2v) is 15.5. The van der Waals surface area contributed by atoms with E-state index >= 15 is 0 Å². The first kappa shape index (κ1) is 30.3. The van der Waals surface area contributed by atoms with Crippen molar-refractivity contribution in [2.75, 3.05) is 34.8 Å². The van der Waals surface area contributed by atoms with E-state index in [0.29, 0.717) is 43.0 Å². The highest BCUT2D eigenvalue weighted by Crippen LogP contribution is 2.40. The Morgan fingerprint density at radius 1 is 1.07 bits per heavy atom. The molecule has 2 amide bonds. The van der Waals surface area contributed by atoms with Crippen molar-refractivity contribution in [3.63, 3.8) is 0 Å². The van der Waals surface area contributed by atoms with Crippen LogP contribution in [0.25, 0.3) is 0 Å². The first-order valence-electron chi connectivity index (χ1n) is 15.1. The molecule has 0 radical (unpaired) electrons. The average molecular weight is 597 g/mol. The van der Waals surface area contributed by atoms with Crippen molar-refractivity contribution in [2.24, 2.45) is 17.3 Å². The van der Waals surface area contributed by atoms with E-state index in [9.17, 15) is 18.0 Å². The molecule has 1 unspecified atom stereocenters. The lowest BCUT2D eigenvalue weighted by Crippen LogP contribution is -2.41. The normalized spacial score (nSPS) is 23.9. The van der Waals surface area contributed by atoms with E-state index in [1.54, 1.807) is 29.2 Å². The quantitative estimate of drug-likeness (QED) is 0.507. The van der Waals surface area contributed by atoms with Crippen LogP contribution in [-0.4, -0.2) is 55.4 Å². The molecule has 4 bridgehead atoms. The van der Waals surface area contributed by atoms with Gasteiger partial charge < -0.3 is 10.2 Å². The highest BCUT2D eigenvalue weighted by atomic mass is 32.2. The number of nitrogens with one attached hydrogen (secondary N) is 2. The van der Waals surface area contributed by atoms with E-state index in [-0.39, 0.29) is 33.4 Å². The first-order valence-corrected chi connectivity index (χ1v) is 16.6. The molecule has 3 aliphatic heterocycles. The molecule has 2 aromatic heterocycles. The third-order valence-corrected chi connectivity index (χ3v) is 9.95. The lowest BCUT2D eigenvalue weighted by Gasteiger charge is -2.34. The minimum Gasteiger partial charge on any atom is -0.370 e. The molecule has 3 aliphatic rings. The number of hydrogen-bond donors (Lipinski definition) is 2. The van der Waals surface area contributed by atoms with Crippen LogP contribution in [0.2, 0.25) is 0 Å². The molecule has 2 aromatic rings. The van der Waals surface area contributed by atoms with Gasteiger partial charge >= 0.3 is 0 Å². The Morgan fingerprint density at radius 2 is 1.86 bits per heavy atom. The Hall–Kier alpha value is -3.21. The molecule has 11 heteroatoms. The van der Waals surface area contributed by atoms with Crippen LogP contribution < -0.4 is 19.8 Å². The summed E-state index contributed by atoms with van der Waals surface area (Å²) in [6, 6.07) is 7.96. The maximum atomic E-state index is 13.6. The SMILES string of the molecule is CC(C)(C)CCCC1CCN(c2ccc3c(n2)N2C[C@@H](CCCNc4cccc(n4)S(=O)(=O)NC3=O)CC2(C)C)C1=O. The molecule has 2 atom stereocenters. The van der Waals surface area contributed by atoms with Gasteiger partial charge in [-0.1, -0.05) is 33.3 Å². The van der Waals surface area contributed by atoms with Crippen LogP contribution >= 0.6 is 0 Å². The van der Waals surface area contributed by atoms with Gasteiger partial charge in [0.2, 0.25) is 5.91 Å². The van der Waals surface area contributed by atoms with E-state index < -0.39 is 15.9 Å². The number of amides is 2. The molecule has 0 aliphatic carbocycles. The molecule has 5 heterocycles. The predicted octanol–water partition coefficient (Wildman–Crippen LogP) is 4.98. The van der Waals surface area contributed by atoms with Gasteiger partial charge in [-0.2, -0.15) is 8.42 Å². The fraction of sp³-hybridized carbons (Fsp3) is 0.613. The number of fused-ring (bicyclic) bond motifs is 6.